The first-order valence-corrected chi connectivity index (χ1v) is 9.96. The van der Waals surface area contributed by atoms with Gasteiger partial charge in [-0.05, 0) is 24.0 Å². The highest BCUT2D eigenvalue weighted by atomic mass is 15.2. The monoisotopic (exact) mass is 334 g/mol. The summed E-state index contributed by atoms with van der Waals surface area (Å²) in [6, 6.07) is 23.3. The molecule has 0 radical (unpaired) electrons. The Labute approximate surface area is 152 Å². The van der Waals surface area contributed by atoms with E-state index in [4.69, 9.17) is 0 Å². The fourth-order valence-corrected chi connectivity index (χ4v) is 4.63. The minimum absolute atomic E-state index is 0.578. The second-order valence-corrected chi connectivity index (χ2v) is 7.80. The van der Waals surface area contributed by atoms with Crippen molar-refractivity contribution < 1.29 is 0 Å². The molecule has 2 aromatic rings. The molecule has 1 saturated carbocycles. The third kappa shape index (κ3) is 4.31. The molecule has 0 unspecified atom stereocenters. The van der Waals surface area contributed by atoms with Crippen LogP contribution in [0.3, 0.4) is 0 Å². The molecule has 4 rings (SSSR count). The fourth-order valence-electron chi connectivity index (χ4n) is 4.63. The van der Waals surface area contributed by atoms with Crippen molar-refractivity contribution >= 4 is 0 Å². The SMILES string of the molecule is c1ccc(CN2C[C@H](NC3CCCCC3)[C@@H](c3ccccc3)C2)cc1. The van der Waals surface area contributed by atoms with Gasteiger partial charge in [-0.25, -0.2) is 0 Å². The highest BCUT2D eigenvalue weighted by molar-refractivity contribution is 5.24. The zero-order valence-corrected chi connectivity index (χ0v) is 15.1. The second-order valence-electron chi connectivity index (χ2n) is 7.80. The second kappa shape index (κ2) is 8.16. The molecule has 2 heteroatoms. The van der Waals surface area contributed by atoms with Crippen molar-refractivity contribution in [2.75, 3.05) is 13.1 Å². The van der Waals surface area contributed by atoms with Crippen molar-refractivity contribution in [3.63, 3.8) is 0 Å². The predicted octanol–water partition coefficient (Wildman–Crippen LogP) is 4.58. The molecule has 1 N–H and O–H groups in total. The van der Waals surface area contributed by atoms with Crippen molar-refractivity contribution in [3.8, 4) is 0 Å². The number of nitrogens with zero attached hydrogens (tertiary/aromatic N) is 1. The first kappa shape index (κ1) is 16.8. The molecule has 1 aliphatic heterocycles. The number of rotatable bonds is 5. The van der Waals surface area contributed by atoms with Crippen LogP contribution < -0.4 is 5.32 Å². The van der Waals surface area contributed by atoms with Gasteiger partial charge < -0.3 is 5.32 Å². The maximum Gasteiger partial charge on any atom is 0.0278 e. The van der Waals surface area contributed by atoms with Gasteiger partial charge in [-0.3, -0.25) is 4.90 Å². The zero-order valence-electron chi connectivity index (χ0n) is 15.1. The summed E-state index contributed by atoms with van der Waals surface area (Å²) < 4.78 is 0. The summed E-state index contributed by atoms with van der Waals surface area (Å²) in [5, 5.41) is 4.04. The van der Waals surface area contributed by atoms with Gasteiger partial charge in [-0.1, -0.05) is 79.9 Å². The molecular formula is C23H30N2. The Morgan fingerprint density at radius 2 is 1.48 bits per heavy atom. The van der Waals surface area contributed by atoms with E-state index in [1.807, 2.05) is 0 Å². The van der Waals surface area contributed by atoms with Gasteiger partial charge in [0.2, 0.25) is 0 Å². The van der Waals surface area contributed by atoms with Gasteiger partial charge in [0, 0.05) is 37.6 Å². The standard InChI is InChI=1S/C23H30N2/c1-4-10-19(11-5-1)16-25-17-22(20-12-6-2-7-13-20)23(18-25)24-21-14-8-3-9-15-21/h1-2,4-7,10-13,21-24H,3,8-9,14-18H2/t22-,23+/m1/s1. The van der Waals surface area contributed by atoms with Crippen LogP contribution in [0.4, 0.5) is 0 Å². The van der Waals surface area contributed by atoms with Crippen LogP contribution in [0, 0.1) is 0 Å². The predicted molar refractivity (Wildman–Crippen MR) is 105 cm³/mol. The normalized spacial score (nSPS) is 25.3. The van der Waals surface area contributed by atoms with Gasteiger partial charge in [0.15, 0.2) is 0 Å². The van der Waals surface area contributed by atoms with E-state index in [-0.39, 0.29) is 0 Å². The van der Waals surface area contributed by atoms with Gasteiger partial charge in [-0.2, -0.15) is 0 Å². The molecule has 2 fully saturated rings. The van der Waals surface area contributed by atoms with Gasteiger partial charge in [0.05, 0.1) is 0 Å². The summed E-state index contributed by atoms with van der Waals surface area (Å²) in [4.78, 5) is 2.63. The molecule has 1 heterocycles. The highest BCUT2D eigenvalue weighted by Gasteiger charge is 2.34. The summed E-state index contributed by atoms with van der Waals surface area (Å²) in [7, 11) is 0. The third-order valence-electron chi connectivity index (χ3n) is 5.93. The van der Waals surface area contributed by atoms with Gasteiger partial charge in [0.25, 0.3) is 0 Å². The van der Waals surface area contributed by atoms with E-state index < -0.39 is 0 Å². The van der Waals surface area contributed by atoms with Gasteiger partial charge in [0.1, 0.15) is 0 Å². The van der Waals surface area contributed by atoms with E-state index in [1.54, 1.807) is 0 Å². The fraction of sp³-hybridized carbons (Fsp3) is 0.478. The molecule has 2 nitrogen and oxygen atoms in total. The Morgan fingerprint density at radius 1 is 0.800 bits per heavy atom. The molecule has 1 aliphatic carbocycles. The van der Waals surface area contributed by atoms with Crippen LogP contribution in [0.25, 0.3) is 0 Å². The molecule has 0 bridgehead atoms. The average molecular weight is 335 g/mol. The molecule has 0 aromatic heterocycles. The van der Waals surface area contributed by atoms with Crippen LogP contribution in [0.15, 0.2) is 60.7 Å². The molecule has 2 aliphatic rings. The molecule has 2 atom stereocenters. The van der Waals surface area contributed by atoms with E-state index in [1.165, 1.54) is 43.2 Å². The van der Waals surface area contributed by atoms with E-state index in [2.05, 4.69) is 70.9 Å². The molecule has 1 saturated heterocycles. The summed E-state index contributed by atoms with van der Waals surface area (Å²) >= 11 is 0. The zero-order chi connectivity index (χ0) is 16.9. The lowest BCUT2D eigenvalue weighted by Crippen LogP contribution is -2.43. The minimum Gasteiger partial charge on any atom is -0.309 e. The Bertz CT molecular complexity index is 634. The summed E-state index contributed by atoms with van der Waals surface area (Å²) in [6.45, 7) is 3.38. The minimum atomic E-state index is 0.578. The van der Waals surface area contributed by atoms with Crippen molar-refractivity contribution in [1.29, 1.82) is 0 Å². The van der Waals surface area contributed by atoms with E-state index in [0.717, 1.165) is 25.7 Å². The van der Waals surface area contributed by atoms with Crippen molar-refractivity contribution in [2.24, 2.45) is 0 Å². The molecule has 2 aromatic carbocycles. The Morgan fingerprint density at radius 3 is 2.20 bits per heavy atom. The van der Waals surface area contributed by atoms with E-state index in [9.17, 15) is 0 Å². The summed E-state index contributed by atoms with van der Waals surface area (Å²) in [5.74, 6) is 0.604. The van der Waals surface area contributed by atoms with E-state index >= 15 is 0 Å². The van der Waals surface area contributed by atoms with Crippen molar-refractivity contribution in [1.82, 2.24) is 10.2 Å². The molecule has 132 valence electrons. The van der Waals surface area contributed by atoms with Crippen LogP contribution in [-0.4, -0.2) is 30.1 Å². The quantitative estimate of drug-likeness (QED) is 0.861. The lowest BCUT2D eigenvalue weighted by molar-refractivity contribution is 0.298. The number of hydrogen-bond acceptors (Lipinski definition) is 2. The van der Waals surface area contributed by atoms with Crippen LogP contribution in [0.5, 0.6) is 0 Å². The maximum absolute atomic E-state index is 4.04. The van der Waals surface area contributed by atoms with Crippen LogP contribution in [-0.2, 0) is 6.54 Å². The Kier molecular flexibility index (Phi) is 5.49. The smallest absolute Gasteiger partial charge is 0.0278 e. The number of hydrogen-bond donors (Lipinski definition) is 1. The molecule has 0 spiro atoms. The van der Waals surface area contributed by atoms with E-state index in [0.29, 0.717) is 12.0 Å². The summed E-state index contributed by atoms with van der Waals surface area (Å²) in [6.07, 6.45) is 6.93. The first-order chi connectivity index (χ1) is 12.4. The number of likely N-dealkylation sites (tertiary alicyclic amines) is 1. The van der Waals surface area contributed by atoms with Gasteiger partial charge >= 0.3 is 0 Å². The highest BCUT2D eigenvalue weighted by Crippen LogP contribution is 2.30. The average Bonchev–Trinajstić information content (AvgIpc) is 3.06. The molecular weight excluding hydrogens is 304 g/mol. The van der Waals surface area contributed by atoms with Crippen molar-refractivity contribution in [2.45, 2.75) is 56.7 Å². The Hall–Kier alpha value is -1.64. The molecule has 0 amide bonds. The number of nitrogens with one attached hydrogen (secondary N) is 1. The van der Waals surface area contributed by atoms with Crippen LogP contribution >= 0.6 is 0 Å². The van der Waals surface area contributed by atoms with Crippen LogP contribution in [0.2, 0.25) is 0 Å². The maximum atomic E-state index is 4.04. The Balaban J connectivity index is 1.47. The lowest BCUT2D eigenvalue weighted by Gasteiger charge is -2.29. The first-order valence-electron chi connectivity index (χ1n) is 9.96. The lowest BCUT2D eigenvalue weighted by atomic mass is 9.90. The number of benzene rings is 2. The van der Waals surface area contributed by atoms with Gasteiger partial charge in [-0.15, -0.1) is 0 Å². The third-order valence-corrected chi connectivity index (χ3v) is 5.93. The summed E-state index contributed by atoms with van der Waals surface area (Å²) in [5.41, 5.74) is 2.92. The van der Waals surface area contributed by atoms with Crippen LogP contribution in [0.1, 0.15) is 49.1 Å². The van der Waals surface area contributed by atoms with Crippen molar-refractivity contribution in [3.05, 3.63) is 71.8 Å². The molecule has 25 heavy (non-hydrogen) atoms. The largest absolute Gasteiger partial charge is 0.309 e. The topological polar surface area (TPSA) is 15.3 Å².